The van der Waals surface area contributed by atoms with E-state index in [0.717, 1.165) is 41.9 Å². The molecule has 1 aliphatic rings. The molecular formula is C20H20ClF3N2O. The number of aromatic nitrogens is 1. The Labute approximate surface area is 161 Å². The summed E-state index contributed by atoms with van der Waals surface area (Å²) in [6.45, 7) is 1.32. The minimum Gasteiger partial charge on any atom is -0.341 e. The summed E-state index contributed by atoms with van der Waals surface area (Å²) >= 11 is 5.66. The van der Waals surface area contributed by atoms with Crippen LogP contribution in [0.4, 0.5) is 13.2 Å². The molecule has 0 spiro atoms. The number of amides is 1. The van der Waals surface area contributed by atoms with Crippen molar-refractivity contribution in [1.82, 2.24) is 9.88 Å². The predicted molar refractivity (Wildman–Crippen MR) is 97.8 cm³/mol. The molecule has 1 aromatic carbocycles. The van der Waals surface area contributed by atoms with E-state index < -0.39 is 11.7 Å². The molecule has 1 saturated heterocycles. The van der Waals surface area contributed by atoms with Crippen molar-refractivity contribution in [2.75, 3.05) is 19.0 Å². The molecule has 1 aromatic heterocycles. The van der Waals surface area contributed by atoms with Gasteiger partial charge in [0, 0.05) is 36.8 Å². The number of hydrogen-bond donors (Lipinski definition) is 0. The fourth-order valence-electron chi connectivity index (χ4n) is 3.37. The fraction of sp³-hybridized carbons (Fsp3) is 0.400. The molecule has 1 amide bonds. The lowest BCUT2D eigenvalue weighted by Gasteiger charge is -2.32. The van der Waals surface area contributed by atoms with Crippen LogP contribution in [0, 0.1) is 0 Å². The van der Waals surface area contributed by atoms with Gasteiger partial charge in [-0.25, -0.2) is 0 Å². The molecule has 3 rings (SSSR count). The lowest BCUT2D eigenvalue weighted by molar-refractivity contribution is -0.137. The zero-order valence-electron chi connectivity index (χ0n) is 14.7. The largest absolute Gasteiger partial charge is 0.416 e. The van der Waals surface area contributed by atoms with Crippen LogP contribution in [0.2, 0.25) is 0 Å². The molecule has 1 unspecified atom stereocenters. The molecule has 1 aliphatic heterocycles. The third-order valence-corrected chi connectivity index (χ3v) is 5.03. The number of halogens is 4. The van der Waals surface area contributed by atoms with Gasteiger partial charge in [-0.05, 0) is 42.7 Å². The number of carbonyl (C=O) groups is 1. The summed E-state index contributed by atoms with van der Waals surface area (Å²) in [6, 6.07) is 10.9. The highest BCUT2D eigenvalue weighted by atomic mass is 35.5. The molecule has 2 heterocycles. The first-order chi connectivity index (χ1) is 12.9. The number of piperidine rings is 1. The van der Waals surface area contributed by atoms with E-state index in [1.807, 2.05) is 18.2 Å². The van der Waals surface area contributed by atoms with Gasteiger partial charge in [0.05, 0.1) is 5.56 Å². The average Bonchev–Trinajstić information content (AvgIpc) is 2.67. The number of likely N-dealkylation sites (tertiary alicyclic amines) is 1. The average molecular weight is 397 g/mol. The van der Waals surface area contributed by atoms with Crippen molar-refractivity contribution < 1.29 is 18.0 Å². The molecule has 27 heavy (non-hydrogen) atoms. The molecule has 0 aliphatic carbocycles. The number of rotatable bonds is 4. The minimum atomic E-state index is -4.33. The first-order valence-electron chi connectivity index (χ1n) is 8.82. The van der Waals surface area contributed by atoms with E-state index in [1.54, 1.807) is 4.90 Å². The number of hydrogen-bond acceptors (Lipinski definition) is 2. The first-order valence-corrected chi connectivity index (χ1v) is 9.36. The molecule has 0 N–H and O–H groups in total. The third-order valence-electron chi connectivity index (χ3n) is 4.80. The second-order valence-electron chi connectivity index (χ2n) is 6.74. The van der Waals surface area contributed by atoms with Gasteiger partial charge in [0.25, 0.3) is 0 Å². The first kappa shape index (κ1) is 19.7. The summed E-state index contributed by atoms with van der Waals surface area (Å²) in [4.78, 5) is 18.3. The van der Waals surface area contributed by atoms with E-state index in [4.69, 9.17) is 11.6 Å². The van der Waals surface area contributed by atoms with Crippen molar-refractivity contribution in [3.8, 4) is 0 Å². The van der Waals surface area contributed by atoms with Crippen molar-refractivity contribution in [2.24, 2.45) is 0 Å². The van der Waals surface area contributed by atoms with E-state index in [0.29, 0.717) is 19.5 Å². The van der Waals surface area contributed by atoms with Crippen LogP contribution in [-0.2, 0) is 17.4 Å². The number of benzene rings is 1. The summed E-state index contributed by atoms with van der Waals surface area (Å²) in [6.07, 6.45) is -2.02. The van der Waals surface area contributed by atoms with E-state index in [1.165, 1.54) is 12.1 Å². The highest BCUT2D eigenvalue weighted by molar-refractivity contribution is 6.27. The highest BCUT2D eigenvalue weighted by Crippen LogP contribution is 2.30. The van der Waals surface area contributed by atoms with Gasteiger partial charge >= 0.3 is 6.18 Å². The number of carbonyl (C=O) groups excluding carboxylic acids is 1. The number of alkyl halides is 4. The van der Waals surface area contributed by atoms with Gasteiger partial charge in [0.1, 0.15) is 5.88 Å². The van der Waals surface area contributed by atoms with Gasteiger partial charge in [-0.15, -0.1) is 11.6 Å². The minimum absolute atomic E-state index is 0.0197. The predicted octanol–water partition coefficient (Wildman–Crippen LogP) is 4.64. The van der Waals surface area contributed by atoms with Crippen LogP contribution in [0.15, 0.2) is 42.5 Å². The molecule has 0 radical (unpaired) electrons. The van der Waals surface area contributed by atoms with Crippen LogP contribution in [0.1, 0.15) is 41.3 Å². The molecular weight excluding hydrogens is 377 g/mol. The Kier molecular flexibility index (Phi) is 6.05. The third kappa shape index (κ3) is 5.01. The van der Waals surface area contributed by atoms with Crippen molar-refractivity contribution >= 4 is 17.5 Å². The Balaban J connectivity index is 1.71. The SMILES string of the molecule is O=C(CCl)N1CCCC(c2cccc(Cc3ccc(C(F)(F)F)cc3)n2)C1. The fourth-order valence-corrected chi connectivity index (χ4v) is 3.54. The second kappa shape index (κ2) is 8.30. The monoisotopic (exact) mass is 396 g/mol. The Hall–Kier alpha value is -2.08. The zero-order chi connectivity index (χ0) is 19.4. The maximum atomic E-state index is 12.7. The molecule has 3 nitrogen and oxygen atoms in total. The summed E-state index contributed by atoms with van der Waals surface area (Å²) < 4.78 is 38.0. The van der Waals surface area contributed by atoms with Crippen LogP contribution in [0.3, 0.4) is 0 Å². The Morgan fingerprint density at radius 1 is 1.19 bits per heavy atom. The standard InChI is InChI=1S/C20H20ClF3N2O/c21-12-19(27)26-10-2-3-15(13-26)18-5-1-4-17(25-18)11-14-6-8-16(9-7-14)20(22,23)24/h1,4-9,15H,2-3,10-13H2. The molecule has 144 valence electrons. The van der Waals surface area contributed by atoms with E-state index in [-0.39, 0.29) is 17.7 Å². The summed E-state index contributed by atoms with van der Waals surface area (Å²) in [5, 5.41) is 0. The van der Waals surface area contributed by atoms with Crippen molar-refractivity contribution in [1.29, 1.82) is 0 Å². The van der Waals surface area contributed by atoms with Crippen LogP contribution in [0.5, 0.6) is 0 Å². The smallest absolute Gasteiger partial charge is 0.341 e. The zero-order valence-corrected chi connectivity index (χ0v) is 15.4. The van der Waals surface area contributed by atoms with Gasteiger partial charge in [0.2, 0.25) is 5.91 Å². The lowest BCUT2D eigenvalue weighted by Crippen LogP contribution is -2.40. The van der Waals surface area contributed by atoms with Gasteiger partial charge < -0.3 is 4.90 Å². The van der Waals surface area contributed by atoms with E-state index >= 15 is 0 Å². The van der Waals surface area contributed by atoms with Gasteiger partial charge in [-0.3, -0.25) is 9.78 Å². The normalized spacial score (nSPS) is 17.8. The summed E-state index contributed by atoms with van der Waals surface area (Å²) in [7, 11) is 0. The van der Waals surface area contributed by atoms with Gasteiger partial charge in [0.15, 0.2) is 0 Å². The topological polar surface area (TPSA) is 33.2 Å². The number of nitrogens with zero attached hydrogens (tertiary/aromatic N) is 2. The lowest BCUT2D eigenvalue weighted by atomic mass is 9.94. The quantitative estimate of drug-likeness (QED) is 0.705. The molecule has 1 fully saturated rings. The van der Waals surface area contributed by atoms with Crippen molar-refractivity contribution in [3.05, 3.63) is 65.0 Å². The molecule has 0 saturated carbocycles. The molecule has 7 heteroatoms. The van der Waals surface area contributed by atoms with Crippen LogP contribution < -0.4 is 0 Å². The summed E-state index contributed by atoms with van der Waals surface area (Å²) in [5.74, 6) is 0.0643. The maximum absolute atomic E-state index is 12.7. The second-order valence-corrected chi connectivity index (χ2v) is 7.01. The van der Waals surface area contributed by atoms with Gasteiger partial charge in [-0.2, -0.15) is 13.2 Å². The highest BCUT2D eigenvalue weighted by Gasteiger charge is 2.30. The Bertz CT molecular complexity index is 793. The number of pyridine rings is 1. The molecule has 2 aromatic rings. The molecule has 1 atom stereocenters. The molecule has 0 bridgehead atoms. The van der Waals surface area contributed by atoms with Crippen LogP contribution in [0.25, 0.3) is 0 Å². The van der Waals surface area contributed by atoms with E-state index in [9.17, 15) is 18.0 Å². The maximum Gasteiger partial charge on any atom is 0.416 e. The van der Waals surface area contributed by atoms with Crippen molar-refractivity contribution in [2.45, 2.75) is 31.4 Å². The van der Waals surface area contributed by atoms with Crippen LogP contribution in [-0.4, -0.2) is 34.8 Å². The van der Waals surface area contributed by atoms with Crippen LogP contribution >= 0.6 is 11.6 Å². The van der Waals surface area contributed by atoms with Crippen molar-refractivity contribution in [3.63, 3.8) is 0 Å². The Morgan fingerprint density at radius 2 is 1.93 bits per heavy atom. The summed E-state index contributed by atoms with van der Waals surface area (Å²) in [5.41, 5.74) is 1.83. The Morgan fingerprint density at radius 3 is 2.59 bits per heavy atom. The van der Waals surface area contributed by atoms with E-state index in [2.05, 4.69) is 4.98 Å². The van der Waals surface area contributed by atoms with Gasteiger partial charge in [-0.1, -0.05) is 18.2 Å².